The lowest BCUT2D eigenvalue weighted by atomic mass is 10.0. The molecule has 158 valence electrons. The summed E-state index contributed by atoms with van der Waals surface area (Å²) in [5, 5.41) is 7.73. The molecule has 2 fully saturated rings. The van der Waals surface area contributed by atoms with Gasteiger partial charge in [0, 0.05) is 57.6 Å². The second-order valence-electron chi connectivity index (χ2n) is 7.59. The Labute approximate surface area is 192 Å². The van der Waals surface area contributed by atoms with E-state index in [1.165, 1.54) is 24.2 Å². The van der Waals surface area contributed by atoms with Crippen LogP contribution in [0.25, 0.3) is 0 Å². The van der Waals surface area contributed by atoms with Crippen molar-refractivity contribution in [3.63, 3.8) is 0 Å². The van der Waals surface area contributed by atoms with Gasteiger partial charge in [-0.05, 0) is 37.6 Å². The first-order chi connectivity index (χ1) is 13.3. The molecule has 2 unspecified atom stereocenters. The Morgan fingerprint density at radius 2 is 2.04 bits per heavy atom. The van der Waals surface area contributed by atoms with Crippen LogP contribution in [-0.4, -0.2) is 80.1 Å². The van der Waals surface area contributed by atoms with E-state index in [1.807, 2.05) is 7.05 Å². The van der Waals surface area contributed by atoms with E-state index >= 15 is 0 Å². The van der Waals surface area contributed by atoms with Crippen molar-refractivity contribution in [2.24, 2.45) is 4.99 Å². The molecule has 2 N–H and O–H groups in total. The van der Waals surface area contributed by atoms with Crippen molar-refractivity contribution < 1.29 is 0 Å². The predicted octanol–water partition coefficient (Wildman–Crippen LogP) is 3.04. The molecule has 0 radical (unpaired) electrons. The van der Waals surface area contributed by atoms with Gasteiger partial charge < -0.3 is 15.5 Å². The fraction of sp³-hybridized carbons (Fsp3) is 0.667. The molecule has 2 aliphatic rings. The van der Waals surface area contributed by atoms with Gasteiger partial charge in [0.15, 0.2) is 5.96 Å². The highest BCUT2D eigenvalue weighted by atomic mass is 127. The molecular formula is C21H36IN5S. The Hall–Kier alpha value is -0.510. The SMILES string of the molecule is CN=C(NCCCN1CCN(C)CC1c1ccccc1)NCC1CCCS1.I. The zero-order valence-electron chi connectivity index (χ0n) is 17.3. The van der Waals surface area contributed by atoms with E-state index in [0.717, 1.165) is 56.9 Å². The van der Waals surface area contributed by atoms with Crippen molar-refractivity contribution in [3.8, 4) is 0 Å². The number of nitrogens with one attached hydrogen (secondary N) is 2. The van der Waals surface area contributed by atoms with E-state index < -0.39 is 0 Å². The second kappa shape index (κ2) is 12.9. The molecule has 1 aromatic carbocycles. The van der Waals surface area contributed by atoms with Gasteiger partial charge in [0.1, 0.15) is 0 Å². The van der Waals surface area contributed by atoms with E-state index in [1.54, 1.807) is 0 Å². The molecule has 2 atom stereocenters. The number of likely N-dealkylation sites (N-methyl/N-ethyl adjacent to an activating group) is 1. The average Bonchev–Trinajstić information content (AvgIpc) is 3.22. The number of rotatable bonds is 7. The third kappa shape index (κ3) is 7.39. The molecule has 28 heavy (non-hydrogen) atoms. The summed E-state index contributed by atoms with van der Waals surface area (Å²) in [6, 6.07) is 11.4. The molecule has 1 aromatic rings. The zero-order chi connectivity index (χ0) is 18.9. The Morgan fingerprint density at radius 3 is 2.75 bits per heavy atom. The molecule has 0 aliphatic carbocycles. The van der Waals surface area contributed by atoms with Crippen molar-refractivity contribution in [2.75, 3.05) is 59.1 Å². The van der Waals surface area contributed by atoms with E-state index in [0.29, 0.717) is 6.04 Å². The summed E-state index contributed by atoms with van der Waals surface area (Å²) >= 11 is 2.08. The standard InChI is InChI=1S/C21H35N5S.HI/c1-22-21(24-16-19-10-6-15-27-19)23-11-7-12-26-14-13-25(2)17-20(26)18-8-4-3-5-9-18;/h3-5,8-9,19-20H,6-7,10-17H2,1-2H3,(H2,22,23,24);1H. The maximum Gasteiger partial charge on any atom is 0.191 e. The van der Waals surface area contributed by atoms with Crippen LogP contribution in [0, 0.1) is 0 Å². The van der Waals surface area contributed by atoms with Gasteiger partial charge in [-0.15, -0.1) is 24.0 Å². The average molecular weight is 518 g/mol. The van der Waals surface area contributed by atoms with Crippen molar-refractivity contribution in [2.45, 2.75) is 30.6 Å². The molecule has 5 nitrogen and oxygen atoms in total. The smallest absolute Gasteiger partial charge is 0.191 e. The molecule has 2 aliphatic heterocycles. The van der Waals surface area contributed by atoms with Crippen LogP contribution in [0.15, 0.2) is 35.3 Å². The van der Waals surface area contributed by atoms with Crippen molar-refractivity contribution in [3.05, 3.63) is 35.9 Å². The van der Waals surface area contributed by atoms with Gasteiger partial charge in [-0.1, -0.05) is 30.3 Å². The number of thioether (sulfide) groups is 1. The van der Waals surface area contributed by atoms with Gasteiger partial charge in [-0.3, -0.25) is 9.89 Å². The van der Waals surface area contributed by atoms with Gasteiger partial charge in [-0.2, -0.15) is 11.8 Å². The van der Waals surface area contributed by atoms with Gasteiger partial charge in [0.25, 0.3) is 0 Å². The first-order valence-corrected chi connectivity index (χ1v) is 11.3. The highest BCUT2D eigenvalue weighted by Gasteiger charge is 2.25. The fourth-order valence-corrected chi connectivity index (χ4v) is 5.14. The minimum atomic E-state index is 0. The third-order valence-electron chi connectivity index (χ3n) is 5.54. The molecule has 0 aromatic heterocycles. The number of benzene rings is 1. The summed E-state index contributed by atoms with van der Waals surface area (Å²) in [6.45, 7) is 6.51. The Balaban J connectivity index is 0.00000280. The molecular weight excluding hydrogens is 481 g/mol. The third-order valence-corrected chi connectivity index (χ3v) is 6.94. The van der Waals surface area contributed by atoms with Crippen LogP contribution in [0.4, 0.5) is 0 Å². The monoisotopic (exact) mass is 517 g/mol. The summed E-state index contributed by atoms with van der Waals surface area (Å²) in [7, 11) is 4.09. The molecule has 0 spiro atoms. The van der Waals surface area contributed by atoms with Gasteiger partial charge in [0.2, 0.25) is 0 Å². The number of piperazine rings is 1. The van der Waals surface area contributed by atoms with E-state index in [4.69, 9.17) is 0 Å². The number of guanidine groups is 1. The van der Waals surface area contributed by atoms with Gasteiger partial charge in [-0.25, -0.2) is 0 Å². The van der Waals surface area contributed by atoms with Crippen molar-refractivity contribution in [1.82, 2.24) is 20.4 Å². The molecule has 0 amide bonds. The van der Waals surface area contributed by atoms with E-state index in [9.17, 15) is 0 Å². The van der Waals surface area contributed by atoms with E-state index in [2.05, 4.69) is 74.6 Å². The number of nitrogens with zero attached hydrogens (tertiary/aromatic N) is 3. The summed E-state index contributed by atoms with van der Waals surface area (Å²) < 4.78 is 0. The summed E-state index contributed by atoms with van der Waals surface area (Å²) in [5.41, 5.74) is 1.43. The quantitative estimate of drug-likeness (QED) is 0.252. The highest BCUT2D eigenvalue weighted by Crippen LogP contribution is 2.25. The first kappa shape index (κ1) is 23.8. The number of hydrogen-bond acceptors (Lipinski definition) is 4. The highest BCUT2D eigenvalue weighted by molar-refractivity contribution is 14.0. The van der Waals surface area contributed by atoms with Crippen LogP contribution in [0.3, 0.4) is 0 Å². The van der Waals surface area contributed by atoms with Crippen molar-refractivity contribution in [1.29, 1.82) is 0 Å². The Morgan fingerprint density at radius 1 is 1.21 bits per heavy atom. The van der Waals surface area contributed by atoms with E-state index in [-0.39, 0.29) is 24.0 Å². The van der Waals surface area contributed by atoms with Crippen LogP contribution in [0.5, 0.6) is 0 Å². The molecule has 2 saturated heterocycles. The van der Waals surface area contributed by atoms with Crippen LogP contribution in [0.1, 0.15) is 30.9 Å². The molecule has 7 heteroatoms. The van der Waals surface area contributed by atoms with Crippen molar-refractivity contribution >= 4 is 41.7 Å². The van der Waals surface area contributed by atoms with Crippen LogP contribution in [-0.2, 0) is 0 Å². The molecule has 0 saturated carbocycles. The second-order valence-corrected chi connectivity index (χ2v) is 9.00. The Kier molecular flexibility index (Phi) is 11.0. The maximum absolute atomic E-state index is 4.37. The lowest BCUT2D eigenvalue weighted by Crippen LogP contribution is -2.47. The zero-order valence-corrected chi connectivity index (χ0v) is 20.4. The van der Waals surface area contributed by atoms with Gasteiger partial charge >= 0.3 is 0 Å². The van der Waals surface area contributed by atoms with Crippen LogP contribution < -0.4 is 10.6 Å². The topological polar surface area (TPSA) is 42.9 Å². The molecule has 2 heterocycles. The normalized spacial score (nSPS) is 24.0. The summed E-state index contributed by atoms with van der Waals surface area (Å²) in [5.74, 6) is 2.26. The number of aliphatic imine (C=N–C) groups is 1. The summed E-state index contributed by atoms with van der Waals surface area (Å²) in [6.07, 6.45) is 3.82. The van der Waals surface area contributed by atoms with Crippen LogP contribution >= 0.6 is 35.7 Å². The lowest BCUT2D eigenvalue weighted by molar-refractivity contribution is 0.0891. The maximum atomic E-state index is 4.37. The Bertz CT molecular complexity index is 579. The lowest BCUT2D eigenvalue weighted by Gasteiger charge is -2.40. The largest absolute Gasteiger partial charge is 0.356 e. The fourth-order valence-electron chi connectivity index (χ4n) is 3.94. The predicted molar refractivity (Wildman–Crippen MR) is 133 cm³/mol. The minimum absolute atomic E-state index is 0. The summed E-state index contributed by atoms with van der Waals surface area (Å²) in [4.78, 5) is 9.46. The number of halogens is 1. The number of hydrogen-bond donors (Lipinski definition) is 2. The molecule has 3 rings (SSSR count). The minimum Gasteiger partial charge on any atom is -0.356 e. The van der Waals surface area contributed by atoms with Gasteiger partial charge in [0.05, 0.1) is 0 Å². The molecule has 0 bridgehead atoms. The first-order valence-electron chi connectivity index (χ1n) is 10.3. The van der Waals surface area contributed by atoms with Crippen LogP contribution in [0.2, 0.25) is 0 Å².